The second kappa shape index (κ2) is 3.96. The molecule has 1 nitrogen and oxygen atoms in total. The molecule has 16 heavy (non-hydrogen) atoms. The first-order chi connectivity index (χ1) is 7.08. The zero-order valence-corrected chi connectivity index (χ0v) is 9.15. The van der Waals surface area contributed by atoms with Crippen molar-refractivity contribution in [2.24, 2.45) is 0 Å². The van der Waals surface area contributed by atoms with Gasteiger partial charge in [-0.2, -0.15) is 13.2 Å². The highest BCUT2D eigenvalue weighted by Crippen LogP contribution is 2.33. The summed E-state index contributed by atoms with van der Waals surface area (Å²) in [7, 11) is 0. The smallest absolute Gasteiger partial charge is 0.416 e. The highest BCUT2D eigenvalue weighted by atomic mass is 19.4. The molecule has 0 fully saturated rings. The van der Waals surface area contributed by atoms with Crippen molar-refractivity contribution >= 4 is 0 Å². The molecule has 1 aromatic carbocycles. The maximum atomic E-state index is 13.0. The van der Waals surface area contributed by atoms with Crippen molar-refractivity contribution < 1.29 is 22.3 Å². The van der Waals surface area contributed by atoms with Gasteiger partial charge in [-0.05, 0) is 32.9 Å². The second-order valence-corrected chi connectivity index (χ2v) is 4.39. The van der Waals surface area contributed by atoms with Gasteiger partial charge < -0.3 is 4.74 Å². The number of alkyl halides is 3. The van der Waals surface area contributed by atoms with E-state index in [9.17, 15) is 17.6 Å². The summed E-state index contributed by atoms with van der Waals surface area (Å²) in [5.41, 5.74) is -1.72. The van der Waals surface area contributed by atoms with Crippen LogP contribution in [0.25, 0.3) is 0 Å². The molecule has 0 amide bonds. The van der Waals surface area contributed by atoms with Gasteiger partial charge in [0.25, 0.3) is 0 Å². The number of hydrogen-bond donors (Lipinski definition) is 0. The minimum Gasteiger partial charge on any atom is -0.488 e. The van der Waals surface area contributed by atoms with Crippen LogP contribution in [0.5, 0.6) is 5.75 Å². The third kappa shape index (κ3) is 3.72. The van der Waals surface area contributed by atoms with Crippen LogP contribution in [0.15, 0.2) is 18.2 Å². The van der Waals surface area contributed by atoms with E-state index in [-0.39, 0.29) is 5.75 Å². The van der Waals surface area contributed by atoms with Crippen LogP contribution in [0.4, 0.5) is 17.6 Å². The van der Waals surface area contributed by atoms with E-state index in [0.717, 1.165) is 12.1 Å². The highest BCUT2D eigenvalue weighted by Gasteiger charge is 2.32. The number of halogens is 4. The zero-order valence-electron chi connectivity index (χ0n) is 9.15. The molecule has 90 valence electrons. The van der Waals surface area contributed by atoms with Gasteiger partial charge in [0.15, 0.2) is 0 Å². The van der Waals surface area contributed by atoms with Gasteiger partial charge in [-0.3, -0.25) is 0 Å². The van der Waals surface area contributed by atoms with E-state index < -0.39 is 23.2 Å². The lowest BCUT2D eigenvalue weighted by Crippen LogP contribution is -2.23. The van der Waals surface area contributed by atoms with Gasteiger partial charge >= 0.3 is 6.18 Å². The molecule has 0 N–H and O–H groups in total. The molecule has 0 bridgehead atoms. The molecule has 0 aliphatic carbocycles. The summed E-state index contributed by atoms with van der Waals surface area (Å²) in [6, 6.07) is 2.16. The monoisotopic (exact) mass is 236 g/mol. The first kappa shape index (κ1) is 12.8. The average molecular weight is 236 g/mol. The first-order valence-electron chi connectivity index (χ1n) is 4.65. The highest BCUT2D eigenvalue weighted by molar-refractivity contribution is 5.31. The van der Waals surface area contributed by atoms with Gasteiger partial charge in [0.1, 0.15) is 17.2 Å². The summed E-state index contributed by atoms with van der Waals surface area (Å²) in [6.07, 6.45) is -4.57. The molecule has 0 saturated heterocycles. The fourth-order valence-corrected chi connectivity index (χ4v) is 1.14. The van der Waals surface area contributed by atoms with Crippen molar-refractivity contribution in [1.82, 2.24) is 0 Å². The molecular formula is C11H12F4O. The fraction of sp³-hybridized carbons (Fsp3) is 0.455. The molecule has 0 radical (unpaired) electrons. The van der Waals surface area contributed by atoms with Gasteiger partial charge in [-0.15, -0.1) is 0 Å². The minimum absolute atomic E-state index is 0.125. The number of hydrogen-bond acceptors (Lipinski definition) is 1. The largest absolute Gasteiger partial charge is 0.488 e. The van der Waals surface area contributed by atoms with Gasteiger partial charge in [0.05, 0.1) is 5.56 Å². The minimum atomic E-state index is -4.57. The van der Waals surface area contributed by atoms with Crippen LogP contribution in [0, 0.1) is 5.82 Å². The van der Waals surface area contributed by atoms with Crippen LogP contribution in [-0.4, -0.2) is 5.60 Å². The Hall–Kier alpha value is -1.26. The Bertz CT molecular complexity index is 377. The van der Waals surface area contributed by atoms with Crippen LogP contribution < -0.4 is 4.74 Å². The third-order valence-electron chi connectivity index (χ3n) is 1.62. The van der Waals surface area contributed by atoms with Gasteiger partial charge in [0, 0.05) is 6.07 Å². The predicted octanol–water partition coefficient (Wildman–Crippen LogP) is 4.02. The summed E-state index contributed by atoms with van der Waals surface area (Å²) in [6.45, 7) is 5.02. The normalized spacial score (nSPS) is 12.7. The molecule has 0 unspecified atom stereocenters. The maximum absolute atomic E-state index is 13.0. The summed E-state index contributed by atoms with van der Waals surface area (Å²) < 4.78 is 55.2. The van der Waals surface area contributed by atoms with E-state index in [1.54, 1.807) is 20.8 Å². The van der Waals surface area contributed by atoms with Gasteiger partial charge in [0.2, 0.25) is 0 Å². The summed E-state index contributed by atoms with van der Waals surface area (Å²) in [5, 5.41) is 0. The Balaban J connectivity index is 3.09. The SMILES string of the molecule is CC(C)(C)Oc1cc(F)cc(C(F)(F)F)c1. The molecule has 1 rings (SSSR count). The lowest BCUT2D eigenvalue weighted by atomic mass is 10.1. The Kier molecular flexibility index (Phi) is 3.17. The molecule has 0 aliphatic heterocycles. The van der Waals surface area contributed by atoms with Crippen LogP contribution in [0.2, 0.25) is 0 Å². The Morgan fingerprint density at radius 1 is 1.00 bits per heavy atom. The van der Waals surface area contributed by atoms with E-state index in [4.69, 9.17) is 4.74 Å². The zero-order chi connectivity index (χ0) is 12.6. The number of benzene rings is 1. The molecular weight excluding hydrogens is 224 g/mol. The molecule has 0 aromatic heterocycles. The lowest BCUT2D eigenvalue weighted by molar-refractivity contribution is -0.138. The molecule has 0 saturated carbocycles. The molecule has 0 aliphatic rings. The van der Waals surface area contributed by atoms with Crippen molar-refractivity contribution in [2.45, 2.75) is 32.5 Å². The van der Waals surface area contributed by atoms with Gasteiger partial charge in [-0.1, -0.05) is 0 Å². The summed E-state index contributed by atoms with van der Waals surface area (Å²) >= 11 is 0. The Labute approximate surface area is 91.0 Å². The third-order valence-corrected chi connectivity index (χ3v) is 1.62. The van der Waals surface area contributed by atoms with E-state index in [0.29, 0.717) is 6.07 Å². The number of ether oxygens (including phenoxy) is 1. The summed E-state index contributed by atoms with van der Waals surface area (Å²) in [4.78, 5) is 0. The van der Waals surface area contributed by atoms with Crippen LogP contribution in [0.3, 0.4) is 0 Å². The van der Waals surface area contributed by atoms with Crippen LogP contribution in [0.1, 0.15) is 26.3 Å². The molecule has 5 heteroatoms. The topological polar surface area (TPSA) is 9.23 Å². The average Bonchev–Trinajstić information content (AvgIpc) is 1.97. The quantitative estimate of drug-likeness (QED) is 0.669. The van der Waals surface area contributed by atoms with E-state index in [2.05, 4.69) is 0 Å². The Morgan fingerprint density at radius 3 is 2.00 bits per heavy atom. The van der Waals surface area contributed by atoms with Gasteiger partial charge in [-0.25, -0.2) is 4.39 Å². The molecule has 1 aromatic rings. The van der Waals surface area contributed by atoms with Crippen molar-refractivity contribution in [3.63, 3.8) is 0 Å². The summed E-state index contributed by atoms with van der Waals surface area (Å²) in [5.74, 6) is -1.09. The van der Waals surface area contributed by atoms with Crippen molar-refractivity contribution in [1.29, 1.82) is 0 Å². The number of rotatable bonds is 1. The lowest BCUT2D eigenvalue weighted by Gasteiger charge is -2.22. The second-order valence-electron chi connectivity index (χ2n) is 4.39. The van der Waals surface area contributed by atoms with Crippen molar-refractivity contribution in [3.8, 4) is 5.75 Å². The maximum Gasteiger partial charge on any atom is 0.416 e. The van der Waals surface area contributed by atoms with Crippen molar-refractivity contribution in [2.75, 3.05) is 0 Å². The van der Waals surface area contributed by atoms with E-state index in [1.165, 1.54) is 0 Å². The molecule has 0 spiro atoms. The molecule has 0 heterocycles. The predicted molar refractivity (Wildman–Crippen MR) is 51.8 cm³/mol. The van der Waals surface area contributed by atoms with Crippen molar-refractivity contribution in [3.05, 3.63) is 29.6 Å². The van der Waals surface area contributed by atoms with Crippen LogP contribution >= 0.6 is 0 Å². The molecule has 0 atom stereocenters. The first-order valence-corrected chi connectivity index (χ1v) is 4.65. The van der Waals surface area contributed by atoms with Crippen LogP contribution in [-0.2, 0) is 6.18 Å². The Morgan fingerprint density at radius 2 is 1.56 bits per heavy atom. The van der Waals surface area contributed by atoms with E-state index >= 15 is 0 Å². The fourth-order valence-electron chi connectivity index (χ4n) is 1.14. The van der Waals surface area contributed by atoms with E-state index in [1.807, 2.05) is 0 Å². The standard InChI is InChI=1S/C11H12F4O/c1-10(2,3)16-9-5-7(11(13,14)15)4-8(12)6-9/h4-6H,1-3H3.